The van der Waals surface area contributed by atoms with Crippen LogP contribution < -0.4 is 5.32 Å². The first-order valence-corrected chi connectivity index (χ1v) is 4.76. The highest BCUT2D eigenvalue weighted by Crippen LogP contribution is 1.98. The molecule has 0 aromatic heterocycles. The molecule has 0 aliphatic rings. The molecule has 0 fully saturated rings. The van der Waals surface area contributed by atoms with Crippen LogP contribution in [0, 0.1) is 0 Å². The molecule has 0 unspecified atom stereocenters. The molecule has 0 bridgehead atoms. The SMILES string of the molecule is C=C(Br)CNCC(=C)C(=O)OCC. The third kappa shape index (κ3) is 6.54. The van der Waals surface area contributed by atoms with Crippen molar-refractivity contribution >= 4 is 21.9 Å². The monoisotopic (exact) mass is 247 g/mol. The van der Waals surface area contributed by atoms with Crippen LogP contribution in [-0.4, -0.2) is 25.7 Å². The molecule has 0 heterocycles. The van der Waals surface area contributed by atoms with Gasteiger partial charge in [0, 0.05) is 23.1 Å². The minimum Gasteiger partial charge on any atom is -0.463 e. The van der Waals surface area contributed by atoms with Crippen LogP contribution in [0.15, 0.2) is 23.2 Å². The van der Waals surface area contributed by atoms with Gasteiger partial charge in [0.1, 0.15) is 0 Å². The van der Waals surface area contributed by atoms with E-state index in [1.54, 1.807) is 6.92 Å². The Balaban J connectivity index is 3.62. The molecular weight excluding hydrogens is 234 g/mol. The van der Waals surface area contributed by atoms with Gasteiger partial charge in [-0.25, -0.2) is 4.79 Å². The van der Waals surface area contributed by atoms with Gasteiger partial charge in [0.25, 0.3) is 0 Å². The molecule has 0 saturated carbocycles. The van der Waals surface area contributed by atoms with Gasteiger partial charge in [-0.15, -0.1) is 0 Å². The van der Waals surface area contributed by atoms with Crippen LogP contribution in [0.3, 0.4) is 0 Å². The second-order valence-electron chi connectivity index (χ2n) is 2.44. The molecule has 3 nitrogen and oxygen atoms in total. The fourth-order valence-electron chi connectivity index (χ4n) is 0.654. The molecular formula is C9H14BrNO2. The molecule has 0 aromatic carbocycles. The van der Waals surface area contributed by atoms with Crippen LogP contribution >= 0.6 is 15.9 Å². The highest BCUT2D eigenvalue weighted by Gasteiger charge is 2.06. The summed E-state index contributed by atoms with van der Waals surface area (Å²) in [5.74, 6) is -0.352. The number of rotatable bonds is 6. The van der Waals surface area contributed by atoms with E-state index < -0.39 is 0 Å². The predicted octanol–water partition coefficient (Wildman–Crippen LogP) is 1.60. The fourth-order valence-corrected chi connectivity index (χ4v) is 0.853. The van der Waals surface area contributed by atoms with Crippen molar-refractivity contribution in [2.24, 2.45) is 0 Å². The van der Waals surface area contributed by atoms with E-state index in [1.165, 1.54) is 0 Å². The highest BCUT2D eigenvalue weighted by molar-refractivity contribution is 9.11. The molecule has 0 saturated heterocycles. The molecule has 0 radical (unpaired) electrons. The minimum absolute atomic E-state index is 0.352. The Morgan fingerprint density at radius 3 is 2.54 bits per heavy atom. The summed E-state index contributed by atoms with van der Waals surface area (Å²) < 4.78 is 5.59. The Hall–Kier alpha value is -0.610. The number of nitrogens with one attached hydrogen (secondary N) is 1. The molecule has 0 spiro atoms. The molecule has 13 heavy (non-hydrogen) atoms. The van der Waals surface area contributed by atoms with Crippen LogP contribution in [0.2, 0.25) is 0 Å². The van der Waals surface area contributed by atoms with Crippen LogP contribution in [0.25, 0.3) is 0 Å². The van der Waals surface area contributed by atoms with Crippen molar-refractivity contribution in [2.75, 3.05) is 19.7 Å². The highest BCUT2D eigenvalue weighted by atomic mass is 79.9. The molecule has 0 atom stereocenters. The van der Waals surface area contributed by atoms with Gasteiger partial charge in [0.15, 0.2) is 0 Å². The van der Waals surface area contributed by atoms with Gasteiger partial charge >= 0.3 is 5.97 Å². The van der Waals surface area contributed by atoms with Crippen LogP contribution in [0.1, 0.15) is 6.92 Å². The first-order chi connectivity index (χ1) is 6.07. The van der Waals surface area contributed by atoms with Gasteiger partial charge in [-0.05, 0) is 6.92 Å². The maximum absolute atomic E-state index is 11.0. The molecule has 4 heteroatoms. The number of carbonyl (C=O) groups is 1. The van der Waals surface area contributed by atoms with Gasteiger partial charge in [-0.1, -0.05) is 29.1 Å². The van der Waals surface area contributed by atoms with Gasteiger partial charge in [-0.3, -0.25) is 0 Å². The lowest BCUT2D eigenvalue weighted by Gasteiger charge is -2.05. The average Bonchev–Trinajstić information content (AvgIpc) is 2.04. The van der Waals surface area contributed by atoms with Crippen molar-refractivity contribution in [3.8, 4) is 0 Å². The van der Waals surface area contributed by atoms with Crippen LogP contribution in [-0.2, 0) is 9.53 Å². The van der Waals surface area contributed by atoms with Gasteiger partial charge in [0.2, 0.25) is 0 Å². The van der Waals surface area contributed by atoms with Crippen molar-refractivity contribution in [2.45, 2.75) is 6.92 Å². The molecule has 1 N–H and O–H groups in total. The summed E-state index contributed by atoms with van der Waals surface area (Å²) in [5.41, 5.74) is 0.426. The maximum Gasteiger partial charge on any atom is 0.334 e. The molecule has 0 rings (SSSR count). The number of halogens is 1. The zero-order chi connectivity index (χ0) is 10.3. The normalized spacial score (nSPS) is 9.38. The lowest BCUT2D eigenvalue weighted by molar-refractivity contribution is -0.138. The van der Waals surface area contributed by atoms with E-state index >= 15 is 0 Å². The van der Waals surface area contributed by atoms with E-state index in [1.807, 2.05) is 0 Å². The number of esters is 1. The number of hydrogen-bond donors (Lipinski definition) is 1. The molecule has 0 aliphatic heterocycles. The fraction of sp³-hybridized carbons (Fsp3) is 0.444. The van der Waals surface area contributed by atoms with Gasteiger partial charge in [0.05, 0.1) is 6.61 Å². The summed E-state index contributed by atoms with van der Waals surface area (Å²) in [4.78, 5) is 11.0. The van der Waals surface area contributed by atoms with E-state index in [9.17, 15) is 4.79 Å². The van der Waals surface area contributed by atoms with Crippen molar-refractivity contribution in [1.29, 1.82) is 0 Å². The second kappa shape index (κ2) is 6.86. The summed E-state index contributed by atoms with van der Waals surface area (Å²) in [6.07, 6.45) is 0. The van der Waals surface area contributed by atoms with Crippen molar-refractivity contribution < 1.29 is 9.53 Å². The summed E-state index contributed by atoms with van der Waals surface area (Å²) in [7, 11) is 0. The van der Waals surface area contributed by atoms with Crippen LogP contribution in [0.5, 0.6) is 0 Å². The minimum atomic E-state index is -0.352. The van der Waals surface area contributed by atoms with E-state index in [-0.39, 0.29) is 5.97 Å². The largest absolute Gasteiger partial charge is 0.463 e. The third-order valence-electron chi connectivity index (χ3n) is 1.22. The zero-order valence-corrected chi connectivity index (χ0v) is 9.32. The Labute approximate surface area is 87.0 Å². The van der Waals surface area contributed by atoms with Crippen molar-refractivity contribution in [1.82, 2.24) is 5.32 Å². The molecule has 0 aliphatic carbocycles. The standard InChI is InChI=1S/C9H14BrNO2/c1-4-13-9(12)7(2)5-11-6-8(3)10/h11H,2-6H2,1H3. The summed E-state index contributed by atoms with van der Waals surface area (Å²) in [6.45, 7) is 10.4. The first kappa shape index (κ1) is 12.4. The van der Waals surface area contributed by atoms with Crippen molar-refractivity contribution in [3.05, 3.63) is 23.2 Å². The van der Waals surface area contributed by atoms with E-state index in [2.05, 4.69) is 34.4 Å². The lowest BCUT2D eigenvalue weighted by Crippen LogP contribution is -2.22. The second-order valence-corrected chi connectivity index (χ2v) is 3.57. The average molecular weight is 248 g/mol. The van der Waals surface area contributed by atoms with Crippen molar-refractivity contribution in [3.63, 3.8) is 0 Å². The molecule has 74 valence electrons. The van der Waals surface area contributed by atoms with E-state index in [4.69, 9.17) is 4.74 Å². The smallest absolute Gasteiger partial charge is 0.334 e. The third-order valence-corrected chi connectivity index (χ3v) is 1.50. The topological polar surface area (TPSA) is 38.3 Å². The number of ether oxygens (including phenoxy) is 1. The zero-order valence-electron chi connectivity index (χ0n) is 7.73. The predicted molar refractivity (Wildman–Crippen MR) is 56.7 cm³/mol. The summed E-state index contributed by atoms with van der Waals surface area (Å²) in [6, 6.07) is 0. The summed E-state index contributed by atoms with van der Waals surface area (Å²) in [5, 5.41) is 2.98. The molecule has 0 amide bonds. The van der Waals surface area contributed by atoms with Gasteiger partial charge < -0.3 is 10.1 Å². The summed E-state index contributed by atoms with van der Waals surface area (Å²) >= 11 is 3.19. The van der Waals surface area contributed by atoms with E-state index in [0.29, 0.717) is 25.3 Å². The van der Waals surface area contributed by atoms with Crippen LogP contribution in [0.4, 0.5) is 0 Å². The number of hydrogen-bond acceptors (Lipinski definition) is 3. The maximum atomic E-state index is 11.0. The Morgan fingerprint density at radius 2 is 2.08 bits per heavy atom. The Bertz CT molecular complexity index is 214. The Kier molecular flexibility index (Phi) is 6.54. The quantitative estimate of drug-likeness (QED) is 0.573. The first-order valence-electron chi connectivity index (χ1n) is 3.96. The van der Waals surface area contributed by atoms with E-state index in [0.717, 1.165) is 4.48 Å². The van der Waals surface area contributed by atoms with Gasteiger partial charge in [-0.2, -0.15) is 0 Å². The number of carbonyl (C=O) groups excluding carboxylic acids is 1. The Morgan fingerprint density at radius 1 is 1.46 bits per heavy atom. The lowest BCUT2D eigenvalue weighted by atomic mass is 10.3. The molecule has 0 aromatic rings.